The first-order chi connectivity index (χ1) is 8.24. The Morgan fingerprint density at radius 3 is 2.59 bits per heavy atom. The molecule has 0 atom stereocenters. The lowest BCUT2D eigenvalue weighted by molar-refractivity contribution is 0.469. The van der Waals surface area contributed by atoms with Gasteiger partial charge in [-0.2, -0.15) is 0 Å². The van der Waals surface area contributed by atoms with Crippen LogP contribution in [-0.2, 0) is 25.8 Å². The van der Waals surface area contributed by atoms with E-state index in [-0.39, 0.29) is 0 Å². The van der Waals surface area contributed by atoms with Crippen molar-refractivity contribution in [3.63, 3.8) is 0 Å². The van der Waals surface area contributed by atoms with Gasteiger partial charge in [-0.1, -0.05) is 18.7 Å². The third-order valence-electron chi connectivity index (χ3n) is 2.24. The van der Waals surface area contributed by atoms with Crippen molar-refractivity contribution in [2.45, 2.75) is 30.8 Å². The highest BCUT2D eigenvalue weighted by molar-refractivity contribution is 7.98. The fourth-order valence-corrected chi connectivity index (χ4v) is 2.03. The van der Waals surface area contributed by atoms with E-state index in [4.69, 9.17) is 10.2 Å². The van der Waals surface area contributed by atoms with Crippen LogP contribution in [0.2, 0.25) is 0 Å². The zero-order valence-electron chi connectivity index (χ0n) is 9.75. The number of hydrogen-bond acceptors (Lipinski definition) is 7. The Balaban J connectivity index is 1.99. The highest BCUT2D eigenvalue weighted by atomic mass is 32.2. The van der Waals surface area contributed by atoms with Crippen LogP contribution in [0, 0.1) is 0 Å². The van der Waals surface area contributed by atoms with Gasteiger partial charge in [0.25, 0.3) is 0 Å². The van der Waals surface area contributed by atoms with E-state index in [9.17, 15) is 0 Å². The van der Waals surface area contributed by atoms with Gasteiger partial charge in [-0.15, -0.1) is 20.4 Å². The summed E-state index contributed by atoms with van der Waals surface area (Å²) in [6.45, 7) is 2.35. The fraction of sp³-hybridized carbons (Fsp3) is 0.556. The average Bonchev–Trinajstić information content (AvgIpc) is 2.93. The third-order valence-corrected chi connectivity index (χ3v) is 3.25. The summed E-state index contributed by atoms with van der Waals surface area (Å²) < 4.78 is 7.27. The molecule has 0 aliphatic heterocycles. The van der Waals surface area contributed by atoms with Gasteiger partial charge in [-0.3, -0.25) is 0 Å². The van der Waals surface area contributed by atoms with Gasteiger partial charge < -0.3 is 14.7 Å². The minimum absolute atomic E-state index is 0.380. The molecule has 2 aromatic rings. The summed E-state index contributed by atoms with van der Waals surface area (Å²) in [7, 11) is 1.88. The molecular weight excluding hydrogens is 240 g/mol. The number of nitrogens with zero attached hydrogens (tertiary/aromatic N) is 5. The first kappa shape index (κ1) is 12.1. The molecule has 0 unspecified atom stereocenters. The van der Waals surface area contributed by atoms with Crippen LogP contribution >= 0.6 is 11.8 Å². The molecule has 17 heavy (non-hydrogen) atoms. The first-order valence-corrected chi connectivity index (χ1v) is 6.25. The molecule has 0 fully saturated rings. The van der Waals surface area contributed by atoms with Crippen molar-refractivity contribution < 1.29 is 4.42 Å². The number of aryl methyl sites for hydroxylation is 1. The largest absolute Gasteiger partial charge is 0.424 e. The zero-order chi connectivity index (χ0) is 12.3. The van der Waals surface area contributed by atoms with E-state index < -0.39 is 0 Å². The second-order valence-corrected chi connectivity index (χ2v) is 4.34. The predicted octanol–water partition coefficient (Wildman–Crippen LogP) is 0.511. The topological polar surface area (TPSA) is 95.6 Å². The number of rotatable bonds is 5. The Kier molecular flexibility index (Phi) is 3.75. The summed E-state index contributed by atoms with van der Waals surface area (Å²) >= 11 is 1.50. The third kappa shape index (κ3) is 2.64. The van der Waals surface area contributed by atoms with E-state index in [0.29, 0.717) is 24.1 Å². The van der Waals surface area contributed by atoms with Crippen LogP contribution in [-0.4, -0.2) is 25.0 Å². The lowest BCUT2D eigenvalue weighted by Gasteiger charge is -1.99. The maximum atomic E-state index is 5.52. The van der Waals surface area contributed by atoms with Crippen molar-refractivity contribution in [1.29, 1.82) is 0 Å². The molecule has 0 radical (unpaired) electrons. The summed E-state index contributed by atoms with van der Waals surface area (Å²) in [5.41, 5.74) is 5.52. The van der Waals surface area contributed by atoms with Gasteiger partial charge >= 0.3 is 0 Å². The molecule has 2 aromatic heterocycles. The maximum absolute atomic E-state index is 5.52. The minimum Gasteiger partial charge on any atom is -0.424 e. The molecule has 0 aliphatic carbocycles. The number of thioether (sulfide) groups is 1. The molecule has 0 saturated heterocycles. The van der Waals surface area contributed by atoms with Gasteiger partial charge in [0.2, 0.25) is 11.8 Å². The minimum atomic E-state index is 0.380. The number of aromatic nitrogens is 5. The quantitative estimate of drug-likeness (QED) is 0.776. The van der Waals surface area contributed by atoms with Crippen molar-refractivity contribution in [3.05, 3.63) is 17.6 Å². The van der Waals surface area contributed by atoms with E-state index in [1.165, 1.54) is 11.8 Å². The zero-order valence-corrected chi connectivity index (χ0v) is 10.6. The van der Waals surface area contributed by atoms with Crippen LogP contribution in [0.4, 0.5) is 0 Å². The molecule has 2 heterocycles. The van der Waals surface area contributed by atoms with E-state index in [1.54, 1.807) is 0 Å². The monoisotopic (exact) mass is 254 g/mol. The molecule has 0 aromatic carbocycles. The van der Waals surface area contributed by atoms with Gasteiger partial charge in [0, 0.05) is 13.5 Å². The van der Waals surface area contributed by atoms with Crippen LogP contribution in [0.5, 0.6) is 0 Å². The highest BCUT2D eigenvalue weighted by Crippen LogP contribution is 2.20. The molecule has 8 heteroatoms. The standard InChI is InChI=1S/C9H14N6OS/c1-3-7-12-13-8(16-7)5-17-9-14-11-6(4-10)15(9)2/h3-5,10H2,1-2H3. The summed E-state index contributed by atoms with van der Waals surface area (Å²) in [6, 6.07) is 0. The van der Waals surface area contributed by atoms with Gasteiger partial charge in [0.1, 0.15) is 5.82 Å². The maximum Gasteiger partial charge on any atom is 0.226 e. The summed E-state index contributed by atoms with van der Waals surface area (Å²) in [5, 5.41) is 16.6. The summed E-state index contributed by atoms with van der Waals surface area (Å²) in [6.07, 6.45) is 0.749. The molecule has 0 saturated carbocycles. The van der Waals surface area contributed by atoms with Gasteiger partial charge in [0.15, 0.2) is 5.16 Å². The number of nitrogens with two attached hydrogens (primary N) is 1. The number of hydrogen-bond donors (Lipinski definition) is 1. The van der Waals surface area contributed by atoms with Crippen molar-refractivity contribution >= 4 is 11.8 Å². The Hall–Kier alpha value is -1.41. The molecule has 0 bridgehead atoms. The summed E-state index contributed by atoms with van der Waals surface area (Å²) in [5.74, 6) is 2.60. The van der Waals surface area contributed by atoms with Crippen LogP contribution in [0.1, 0.15) is 24.5 Å². The van der Waals surface area contributed by atoms with Gasteiger partial charge in [0.05, 0.1) is 12.3 Å². The van der Waals surface area contributed by atoms with E-state index in [1.807, 2.05) is 18.5 Å². The molecule has 2 rings (SSSR count). The lowest BCUT2D eigenvalue weighted by atomic mass is 10.5. The predicted molar refractivity (Wildman–Crippen MR) is 62.1 cm³/mol. The van der Waals surface area contributed by atoms with Gasteiger partial charge in [-0.05, 0) is 0 Å². The van der Waals surface area contributed by atoms with Crippen molar-refractivity contribution in [2.75, 3.05) is 0 Å². The summed E-state index contributed by atoms with van der Waals surface area (Å²) in [4.78, 5) is 0. The molecule has 0 amide bonds. The SMILES string of the molecule is CCc1nnc(CSc2nnc(CN)n2C)o1. The first-order valence-electron chi connectivity index (χ1n) is 5.27. The average molecular weight is 254 g/mol. The van der Waals surface area contributed by atoms with Crippen molar-refractivity contribution in [2.24, 2.45) is 12.8 Å². The van der Waals surface area contributed by atoms with Crippen molar-refractivity contribution in [3.8, 4) is 0 Å². The van der Waals surface area contributed by atoms with E-state index in [0.717, 1.165) is 17.4 Å². The Labute approximate surface area is 103 Å². The van der Waals surface area contributed by atoms with Crippen molar-refractivity contribution in [1.82, 2.24) is 25.0 Å². The molecular formula is C9H14N6OS. The van der Waals surface area contributed by atoms with Crippen LogP contribution in [0.25, 0.3) is 0 Å². The molecule has 2 N–H and O–H groups in total. The lowest BCUT2D eigenvalue weighted by Crippen LogP contribution is -2.05. The van der Waals surface area contributed by atoms with Gasteiger partial charge in [-0.25, -0.2) is 0 Å². The molecule has 0 spiro atoms. The Bertz CT molecular complexity index is 493. The molecule has 0 aliphatic rings. The molecule has 7 nitrogen and oxygen atoms in total. The van der Waals surface area contributed by atoms with E-state index in [2.05, 4.69) is 20.4 Å². The smallest absolute Gasteiger partial charge is 0.226 e. The second kappa shape index (κ2) is 5.28. The Morgan fingerprint density at radius 1 is 1.24 bits per heavy atom. The fourth-order valence-electron chi connectivity index (χ4n) is 1.26. The normalized spacial score (nSPS) is 11.0. The Morgan fingerprint density at radius 2 is 2.00 bits per heavy atom. The van der Waals surface area contributed by atoms with Crippen LogP contribution < -0.4 is 5.73 Å². The second-order valence-electron chi connectivity index (χ2n) is 3.39. The highest BCUT2D eigenvalue weighted by Gasteiger charge is 2.10. The molecule has 92 valence electrons. The van der Waals surface area contributed by atoms with Crippen LogP contribution in [0.3, 0.4) is 0 Å². The van der Waals surface area contributed by atoms with E-state index >= 15 is 0 Å². The van der Waals surface area contributed by atoms with Crippen LogP contribution in [0.15, 0.2) is 9.57 Å².